The zero-order valence-electron chi connectivity index (χ0n) is 12.7. The van der Waals surface area contributed by atoms with Crippen LogP contribution in [0.3, 0.4) is 0 Å². The fourth-order valence-corrected chi connectivity index (χ4v) is 4.31. The van der Waals surface area contributed by atoms with E-state index in [1.165, 1.54) is 11.3 Å². The number of anilines is 1. The molecule has 0 aliphatic heterocycles. The van der Waals surface area contributed by atoms with Crippen LogP contribution in [0.4, 0.5) is 5.69 Å². The van der Waals surface area contributed by atoms with Crippen LogP contribution in [-0.2, 0) is 0 Å². The van der Waals surface area contributed by atoms with Gasteiger partial charge in [0.2, 0.25) is 0 Å². The van der Waals surface area contributed by atoms with E-state index in [2.05, 4.69) is 16.2 Å². The lowest BCUT2D eigenvalue weighted by Crippen LogP contribution is -2.43. The topological polar surface area (TPSA) is 53.2 Å². The highest BCUT2D eigenvalue weighted by Gasteiger charge is 2.17. The summed E-state index contributed by atoms with van der Waals surface area (Å²) in [5.41, 5.74) is 5.61. The molecule has 0 bridgehead atoms. The average Bonchev–Trinajstić information content (AvgIpc) is 2.93. The number of halogens is 4. The summed E-state index contributed by atoms with van der Waals surface area (Å²) in [7, 11) is 0. The Balaban J connectivity index is 1.68. The maximum atomic E-state index is 12.4. The highest BCUT2D eigenvalue weighted by molar-refractivity contribution is 7.80. The Morgan fingerprint density at radius 1 is 1.00 bits per heavy atom. The number of hydrogen-bond donors (Lipinski definition) is 3. The second-order valence-corrected chi connectivity index (χ2v) is 8.08. The molecule has 0 unspecified atom stereocenters. The van der Waals surface area contributed by atoms with E-state index in [1.54, 1.807) is 36.4 Å². The maximum absolute atomic E-state index is 12.4. The number of carbonyl (C=O) groups excluding carboxylic acids is 1. The fraction of sp³-hybridized carbons (Fsp3) is 0. The minimum absolute atomic E-state index is 0.141. The van der Waals surface area contributed by atoms with Crippen molar-refractivity contribution in [2.45, 2.75) is 0 Å². The average molecular weight is 465 g/mol. The SMILES string of the molecule is O=C(NNC(=S)Nc1cccc(Cl)c1Cl)c1sc2cc(Cl)ccc2c1Cl. The third-order valence-corrected chi connectivity index (χ3v) is 6.20. The number of thiophene rings is 1. The third-order valence-electron chi connectivity index (χ3n) is 3.29. The summed E-state index contributed by atoms with van der Waals surface area (Å²) >= 11 is 30.6. The van der Waals surface area contributed by atoms with Crippen LogP contribution in [0.1, 0.15) is 9.67 Å². The van der Waals surface area contributed by atoms with Crippen molar-refractivity contribution in [1.82, 2.24) is 10.9 Å². The van der Waals surface area contributed by atoms with Crippen LogP contribution in [0.2, 0.25) is 20.1 Å². The van der Waals surface area contributed by atoms with Gasteiger partial charge in [-0.15, -0.1) is 11.3 Å². The van der Waals surface area contributed by atoms with E-state index in [-0.39, 0.29) is 5.11 Å². The number of rotatable bonds is 2. The molecule has 26 heavy (non-hydrogen) atoms. The zero-order chi connectivity index (χ0) is 18.8. The van der Waals surface area contributed by atoms with E-state index in [4.69, 9.17) is 58.6 Å². The number of hydrazine groups is 1. The van der Waals surface area contributed by atoms with Crippen LogP contribution < -0.4 is 16.2 Å². The number of thiocarbonyl (C=S) groups is 1. The summed E-state index contributed by atoms with van der Waals surface area (Å²) < 4.78 is 0.819. The monoisotopic (exact) mass is 463 g/mol. The van der Waals surface area contributed by atoms with Crippen molar-refractivity contribution in [3.8, 4) is 0 Å². The second kappa shape index (κ2) is 8.17. The van der Waals surface area contributed by atoms with Crippen LogP contribution >= 0.6 is 70.0 Å². The standard InChI is InChI=1S/C16H9Cl4N3OS2/c17-7-4-5-8-11(6-7)26-14(12(8)19)15(24)22-23-16(25)21-10-3-1-2-9(18)13(10)20/h1-6H,(H,22,24)(H2,21,23,25). The van der Waals surface area contributed by atoms with Gasteiger partial charge in [0.25, 0.3) is 5.91 Å². The largest absolute Gasteiger partial charge is 0.330 e. The highest BCUT2D eigenvalue weighted by atomic mass is 35.5. The molecule has 134 valence electrons. The van der Waals surface area contributed by atoms with Crippen LogP contribution in [0, 0.1) is 0 Å². The van der Waals surface area contributed by atoms with Crippen molar-refractivity contribution in [3.63, 3.8) is 0 Å². The van der Waals surface area contributed by atoms with E-state index in [1.807, 2.05) is 0 Å². The first-order valence-electron chi connectivity index (χ1n) is 7.05. The van der Waals surface area contributed by atoms with Crippen molar-refractivity contribution >= 4 is 96.8 Å². The van der Waals surface area contributed by atoms with Gasteiger partial charge in [-0.25, -0.2) is 0 Å². The molecular weight excluding hydrogens is 456 g/mol. The van der Waals surface area contributed by atoms with Crippen molar-refractivity contribution in [3.05, 3.63) is 61.4 Å². The van der Waals surface area contributed by atoms with E-state index >= 15 is 0 Å². The van der Waals surface area contributed by atoms with Gasteiger partial charge >= 0.3 is 0 Å². The first-order valence-corrected chi connectivity index (χ1v) is 9.79. The lowest BCUT2D eigenvalue weighted by atomic mass is 10.2. The Bertz CT molecular complexity index is 1020. The molecule has 0 spiro atoms. The van der Waals surface area contributed by atoms with Gasteiger partial charge < -0.3 is 5.32 Å². The molecule has 4 nitrogen and oxygen atoms in total. The van der Waals surface area contributed by atoms with Gasteiger partial charge in [0.05, 0.1) is 20.8 Å². The van der Waals surface area contributed by atoms with Crippen molar-refractivity contribution in [2.24, 2.45) is 0 Å². The van der Waals surface area contributed by atoms with E-state index in [0.717, 1.165) is 10.1 Å². The molecule has 3 aromatic rings. The van der Waals surface area contributed by atoms with Gasteiger partial charge in [-0.1, -0.05) is 58.5 Å². The normalized spacial score (nSPS) is 10.6. The number of benzene rings is 2. The molecule has 0 aliphatic rings. The Morgan fingerprint density at radius 2 is 1.77 bits per heavy atom. The molecule has 0 fully saturated rings. The van der Waals surface area contributed by atoms with Gasteiger partial charge in [-0.2, -0.15) is 0 Å². The molecule has 0 saturated carbocycles. The second-order valence-electron chi connectivity index (χ2n) is 5.02. The van der Waals surface area contributed by atoms with Crippen LogP contribution in [0.25, 0.3) is 10.1 Å². The molecule has 0 saturated heterocycles. The lowest BCUT2D eigenvalue weighted by molar-refractivity contribution is 0.0948. The van der Waals surface area contributed by atoms with Crippen molar-refractivity contribution in [2.75, 3.05) is 5.32 Å². The molecule has 1 amide bonds. The van der Waals surface area contributed by atoms with E-state index in [0.29, 0.717) is 30.7 Å². The van der Waals surface area contributed by atoms with Crippen LogP contribution in [-0.4, -0.2) is 11.0 Å². The minimum atomic E-state index is -0.423. The zero-order valence-corrected chi connectivity index (χ0v) is 17.4. The number of hydrogen-bond acceptors (Lipinski definition) is 3. The predicted molar refractivity (Wildman–Crippen MR) is 115 cm³/mol. The first-order chi connectivity index (χ1) is 12.4. The molecular formula is C16H9Cl4N3OS2. The van der Waals surface area contributed by atoms with Crippen LogP contribution in [0.5, 0.6) is 0 Å². The van der Waals surface area contributed by atoms with E-state index < -0.39 is 5.91 Å². The van der Waals surface area contributed by atoms with Gasteiger partial charge in [0.15, 0.2) is 5.11 Å². The summed E-state index contributed by atoms with van der Waals surface area (Å²) in [6.07, 6.45) is 0. The molecule has 0 radical (unpaired) electrons. The van der Waals surface area contributed by atoms with Gasteiger partial charge in [0.1, 0.15) is 4.88 Å². The quantitative estimate of drug-likeness (QED) is 0.314. The molecule has 1 heterocycles. The molecule has 1 aromatic heterocycles. The number of fused-ring (bicyclic) bond motifs is 1. The summed E-state index contributed by atoms with van der Waals surface area (Å²) in [6, 6.07) is 10.3. The lowest BCUT2D eigenvalue weighted by Gasteiger charge is -2.12. The molecule has 0 aliphatic carbocycles. The molecule has 2 aromatic carbocycles. The maximum Gasteiger partial charge on any atom is 0.281 e. The van der Waals surface area contributed by atoms with Crippen molar-refractivity contribution < 1.29 is 4.79 Å². The first kappa shape index (κ1) is 19.5. The fourth-order valence-electron chi connectivity index (χ4n) is 2.11. The van der Waals surface area contributed by atoms with Gasteiger partial charge in [-0.05, 0) is 36.5 Å². The Morgan fingerprint density at radius 3 is 2.54 bits per heavy atom. The molecule has 3 rings (SSSR count). The highest BCUT2D eigenvalue weighted by Crippen LogP contribution is 2.36. The molecule has 3 N–H and O–H groups in total. The summed E-state index contributed by atoms with van der Waals surface area (Å²) in [5, 5.41) is 5.40. The van der Waals surface area contributed by atoms with Gasteiger partial charge in [0, 0.05) is 15.1 Å². The number of nitrogens with one attached hydrogen (secondary N) is 3. The summed E-state index contributed by atoms with van der Waals surface area (Å²) in [5.74, 6) is -0.423. The van der Waals surface area contributed by atoms with E-state index in [9.17, 15) is 4.79 Å². The minimum Gasteiger partial charge on any atom is -0.330 e. The Hall–Kier alpha value is -1.28. The van der Waals surface area contributed by atoms with Crippen LogP contribution in [0.15, 0.2) is 36.4 Å². The van der Waals surface area contributed by atoms with Crippen molar-refractivity contribution in [1.29, 1.82) is 0 Å². The third kappa shape index (κ3) is 4.17. The smallest absolute Gasteiger partial charge is 0.281 e. The van der Waals surface area contributed by atoms with Gasteiger partial charge in [-0.3, -0.25) is 15.6 Å². The Labute approximate surface area is 178 Å². The Kier molecular flexibility index (Phi) is 6.12. The predicted octanol–water partition coefficient (Wildman–Crippen LogP) is 6.15. The number of carbonyl (C=O) groups is 1. The summed E-state index contributed by atoms with van der Waals surface area (Å²) in [6.45, 7) is 0. The summed E-state index contributed by atoms with van der Waals surface area (Å²) in [4.78, 5) is 12.7. The molecule has 10 heteroatoms. The number of amides is 1. The molecule has 0 atom stereocenters.